The van der Waals surface area contributed by atoms with Crippen molar-refractivity contribution >= 4 is 5.91 Å². The predicted octanol–water partition coefficient (Wildman–Crippen LogP) is 1.38. The lowest BCUT2D eigenvalue weighted by atomic mass is 9.83. The number of aromatic nitrogens is 5. The largest absolute Gasteiger partial charge is 0.391 e. The molecule has 3 rings (SSSR count). The van der Waals surface area contributed by atoms with Crippen LogP contribution in [0.2, 0.25) is 0 Å². The molecule has 1 aliphatic rings. The number of rotatable bonds is 4. The Balaban J connectivity index is 1.75. The van der Waals surface area contributed by atoms with Gasteiger partial charge in [-0.3, -0.25) is 4.79 Å². The first-order chi connectivity index (χ1) is 12.0. The SMILES string of the molecule is Cc1nc([C@H]2CC[C@@H](O)[C@H](NC(=O)c3cncnc3)C2)n(C(C)C)n1. The Hall–Kier alpha value is -2.35. The molecule has 0 aliphatic heterocycles. The van der Waals surface area contributed by atoms with Gasteiger partial charge in [0.1, 0.15) is 18.0 Å². The third-order valence-electron chi connectivity index (χ3n) is 4.57. The Kier molecular flexibility index (Phi) is 5.08. The summed E-state index contributed by atoms with van der Waals surface area (Å²) in [5, 5.41) is 17.7. The molecule has 2 aromatic heterocycles. The average molecular weight is 344 g/mol. The van der Waals surface area contributed by atoms with Gasteiger partial charge in [0.2, 0.25) is 0 Å². The quantitative estimate of drug-likeness (QED) is 0.868. The topological polar surface area (TPSA) is 106 Å². The lowest BCUT2D eigenvalue weighted by molar-refractivity contribution is 0.0667. The summed E-state index contributed by atoms with van der Waals surface area (Å²) in [4.78, 5) is 24.7. The minimum absolute atomic E-state index is 0.157. The Morgan fingerprint density at radius 2 is 2.04 bits per heavy atom. The van der Waals surface area contributed by atoms with Crippen LogP contribution >= 0.6 is 0 Å². The van der Waals surface area contributed by atoms with Crippen molar-refractivity contribution in [3.8, 4) is 0 Å². The van der Waals surface area contributed by atoms with Crippen molar-refractivity contribution in [2.75, 3.05) is 0 Å². The van der Waals surface area contributed by atoms with Crippen LogP contribution in [0.3, 0.4) is 0 Å². The summed E-state index contributed by atoms with van der Waals surface area (Å²) < 4.78 is 1.95. The molecule has 25 heavy (non-hydrogen) atoms. The second kappa shape index (κ2) is 7.26. The molecule has 0 bridgehead atoms. The molecule has 1 aliphatic carbocycles. The first-order valence-corrected chi connectivity index (χ1v) is 8.62. The maximum atomic E-state index is 12.3. The molecule has 1 fully saturated rings. The highest BCUT2D eigenvalue weighted by Gasteiger charge is 2.34. The molecule has 134 valence electrons. The first-order valence-electron chi connectivity index (χ1n) is 8.62. The Bertz CT molecular complexity index is 730. The summed E-state index contributed by atoms with van der Waals surface area (Å²) in [5.74, 6) is 1.56. The van der Waals surface area contributed by atoms with Gasteiger partial charge in [0.05, 0.1) is 17.7 Å². The predicted molar refractivity (Wildman–Crippen MR) is 91.0 cm³/mol. The van der Waals surface area contributed by atoms with Gasteiger partial charge in [-0.15, -0.1) is 0 Å². The van der Waals surface area contributed by atoms with Crippen LogP contribution < -0.4 is 5.32 Å². The number of amides is 1. The second-order valence-electron chi connectivity index (χ2n) is 6.84. The lowest BCUT2D eigenvalue weighted by Crippen LogP contribution is -2.47. The number of carbonyl (C=O) groups excluding carboxylic acids is 1. The molecule has 0 unspecified atom stereocenters. The van der Waals surface area contributed by atoms with Gasteiger partial charge in [0, 0.05) is 24.4 Å². The van der Waals surface area contributed by atoms with E-state index in [1.807, 2.05) is 11.6 Å². The van der Waals surface area contributed by atoms with E-state index in [1.54, 1.807) is 0 Å². The monoisotopic (exact) mass is 344 g/mol. The van der Waals surface area contributed by atoms with E-state index in [2.05, 4.69) is 39.2 Å². The van der Waals surface area contributed by atoms with Crippen LogP contribution in [0.5, 0.6) is 0 Å². The number of carbonyl (C=O) groups is 1. The zero-order valence-electron chi connectivity index (χ0n) is 14.8. The van der Waals surface area contributed by atoms with Crippen LogP contribution in [0, 0.1) is 6.92 Å². The zero-order valence-corrected chi connectivity index (χ0v) is 14.8. The number of hydrogen-bond acceptors (Lipinski definition) is 6. The standard InChI is InChI=1S/C17H24N6O2/c1-10(2)23-16(20-11(3)22-23)12-4-5-15(24)14(6-12)21-17(25)13-7-18-9-19-8-13/h7-10,12,14-15,24H,4-6H2,1-3H3,(H,21,25)/t12-,14+,15+/m0/s1. The van der Waals surface area contributed by atoms with Gasteiger partial charge < -0.3 is 10.4 Å². The van der Waals surface area contributed by atoms with Gasteiger partial charge in [0.25, 0.3) is 5.91 Å². The molecule has 0 radical (unpaired) electrons. The maximum Gasteiger partial charge on any atom is 0.254 e. The number of aliphatic hydroxyl groups is 1. The van der Waals surface area contributed by atoms with Crippen LogP contribution in [0.4, 0.5) is 0 Å². The normalized spacial score (nSPS) is 23.6. The fourth-order valence-corrected chi connectivity index (χ4v) is 3.32. The summed E-state index contributed by atoms with van der Waals surface area (Å²) in [6.45, 7) is 6.03. The van der Waals surface area contributed by atoms with Gasteiger partial charge >= 0.3 is 0 Å². The molecule has 2 N–H and O–H groups in total. The molecule has 3 atom stereocenters. The molecular weight excluding hydrogens is 320 g/mol. The molecule has 8 heteroatoms. The molecule has 0 aromatic carbocycles. The van der Waals surface area contributed by atoms with E-state index in [4.69, 9.17) is 0 Å². The van der Waals surface area contributed by atoms with E-state index >= 15 is 0 Å². The van der Waals surface area contributed by atoms with Crippen molar-refractivity contribution in [1.82, 2.24) is 30.0 Å². The molecular formula is C17H24N6O2. The van der Waals surface area contributed by atoms with Crippen LogP contribution in [0.25, 0.3) is 0 Å². The van der Waals surface area contributed by atoms with Gasteiger partial charge in [-0.25, -0.2) is 19.6 Å². The second-order valence-corrected chi connectivity index (χ2v) is 6.84. The van der Waals surface area contributed by atoms with Crippen molar-refractivity contribution in [3.05, 3.63) is 35.9 Å². The van der Waals surface area contributed by atoms with Crippen molar-refractivity contribution < 1.29 is 9.90 Å². The summed E-state index contributed by atoms with van der Waals surface area (Å²) in [6, 6.07) is -0.110. The van der Waals surface area contributed by atoms with E-state index in [0.29, 0.717) is 18.4 Å². The minimum Gasteiger partial charge on any atom is -0.391 e. The van der Waals surface area contributed by atoms with E-state index in [-0.39, 0.29) is 23.9 Å². The molecule has 1 amide bonds. The number of hydrogen-bond donors (Lipinski definition) is 2. The molecule has 1 saturated carbocycles. The van der Waals surface area contributed by atoms with Gasteiger partial charge in [-0.2, -0.15) is 5.10 Å². The Labute approximate surface area is 146 Å². The van der Waals surface area contributed by atoms with Crippen molar-refractivity contribution in [3.63, 3.8) is 0 Å². The van der Waals surface area contributed by atoms with Gasteiger partial charge in [0.15, 0.2) is 0 Å². The first kappa shape index (κ1) is 17.5. The lowest BCUT2D eigenvalue weighted by Gasteiger charge is -2.33. The van der Waals surface area contributed by atoms with E-state index in [1.165, 1.54) is 18.7 Å². The average Bonchev–Trinajstić information content (AvgIpc) is 3.00. The molecule has 0 saturated heterocycles. The Morgan fingerprint density at radius 3 is 2.72 bits per heavy atom. The highest BCUT2D eigenvalue weighted by Crippen LogP contribution is 2.33. The summed E-state index contributed by atoms with van der Waals surface area (Å²) in [7, 11) is 0. The summed E-state index contributed by atoms with van der Waals surface area (Å²) in [5.41, 5.74) is 0.387. The van der Waals surface area contributed by atoms with Crippen LogP contribution in [-0.4, -0.2) is 47.9 Å². The number of nitrogens with zero attached hydrogens (tertiary/aromatic N) is 5. The number of aliphatic hydroxyl groups excluding tert-OH is 1. The summed E-state index contributed by atoms with van der Waals surface area (Å²) >= 11 is 0. The van der Waals surface area contributed by atoms with Gasteiger partial charge in [-0.1, -0.05) is 0 Å². The fourth-order valence-electron chi connectivity index (χ4n) is 3.32. The highest BCUT2D eigenvalue weighted by atomic mass is 16.3. The fraction of sp³-hybridized carbons (Fsp3) is 0.588. The molecule has 8 nitrogen and oxygen atoms in total. The summed E-state index contributed by atoms with van der Waals surface area (Å²) in [6.07, 6.45) is 5.81. The van der Waals surface area contributed by atoms with E-state index in [0.717, 1.165) is 18.1 Å². The van der Waals surface area contributed by atoms with Crippen LogP contribution in [0.1, 0.15) is 67.1 Å². The smallest absolute Gasteiger partial charge is 0.254 e. The number of nitrogens with one attached hydrogen (secondary N) is 1. The van der Waals surface area contributed by atoms with Crippen molar-refractivity contribution in [2.45, 2.75) is 64.1 Å². The van der Waals surface area contributed by atoms with Crippen molar-refractivity contribution in [1.29, 1.82) is 0 Å². The number of aryl methyl sites for hydroxylation is 1. The van der Waals surface area contributed by atoms with E-state index < -0.39 is 6.10 Å². The molecule has 0 spiro atoms. The van der Waals surface area contributed by atoms with Crippen LogP contribution in [0.15, 0.2) is 18.7 Å². The van der Waals surface area contributed by atoms with Gasteiger partial charge in [-0.05, 0) is 40.0 Å². The van der Waals surface area contributed by atoms with Crippen molar-refractivity contribution in [2.24, 2.45) is 0 Å². The third kappa shape index (κ3) is 3.84. The highest BCUT2D eigenvalue weighted by molar-refractivity contribution is 5.93. The third-order valence-corrected chi connectivity index (χ3v) is 4.57. The molecule has 2 heterocycles. The Morgan fingerprint density at radius 1 is 1.32 bits per heavy atom. The maximum absolute atomic E-state index is 12.3. The zero-order chi connectivity index (χ0) is 18.0. The molecule has 2 aromatic rings. The van der Waals surface area contributed by atoms with E-state index in [9.17, 15) is 9.90 Å². The minimum atomic E-state index is -0.568. The van der Waals surface area contributed by atoms with Crippen LogP contribution in [-0.2, 0) is 0 Å².